The summed E-state index contributed by atoms with van der Waals surface area (Å²) >= 11 is 1.56. The third kappa shape index (κ3) is 7.82. The summed E-state index contributed by atoms with van der Waals surface area (Å²) in [6, 6.07) is 4.35. The van der Waals surface area contributed by atoms with E-state index in [1.165, 1.54) is 6.07 Å². The van der Waals surface area contributed by atoms with Crippen molar-refractivity contribution in [2.45, 2.75) is 84.2 Å². The van der Waals surface area contributed by atoms with Gasteiger partial charge in [-0.25, -0.2) is 4.79 Å². The number of para-hydroxylation sites is 1. The van der Waals surface area contributed by atoms with E-state index in [1.807, 2.05) is 27.0 Å². The lowest BCUT2D eigenvalue weighted by Crippen LogP contribution is -2.54. The van der Waals surface area contributed by atoms with Crippen LogP contribution in [0.15, 0.2) is 24.3 Å². The van der Waals surface area contributed by atoms with Crippen molar-refractivity contribution in [2.75, 3.05) is 12.0 Å². The number of phenols is 1. The van der Waals surface area contributed by atoms with Crippen LogP contribution in [0.5, 0.6) is 5.75 Å². The van der Waals surface area contributed by atoms with Crippen molar-refractivity contribution in [3.8, 4) is 5.75 Å². The molecule has 1 fully saturated rings. The maximum atomic E-state index is 14.0. The fourth-order valence-electron chi connectivity index (χ4n) is 3.79. The van der Waals surface area contributed by atoms with Crippen molar-refractivity contribution >= 4 is 29.7 Å². The molecule has 0 aromatic heterocycles. The number of thioether (sulfide) groups is 1. The molecule has 3 N–H and O–H groups in total. The molecule has 0 aliphatic heterocycles. The van der Waals surface area contributed by atoms with Gasteiger partial charge in [0.15, 0.2) is 0 Å². The molecule has 0 saturated heterocycles. The number of nitrogens with one attached hydrogen (secondary N) is 2. The van der Waals surface area contributed by atoms with Gasteiger partial charge in [0.2, 0.25) is 11.8 Å². The molecule has 1 aliphatic rings. The van der Waals surface area contributed by atoms with Crippen LogP contribution in [-0.4, -0.2) is 63.6 Å². The fourth-order valence-corrected chi connectivity index (χ4v) is 4.27. The van der Waals surface area contributed by atoms with Gasteiger partial charge in [-0.05, 0) is 71.5 Å². The van der Waals surface area contributed by atoms with Crippen molar-refractivity contribution in [2.24, 2.45) is 5.92 Å². The fraction of sp³-hybridized carbons (Fsp3) is 0.640. The summed E-state index contributed by atoms with van der Waals surface area (Å²) in [6.07, 6.45) is 2.38. The van der Waals surface area contributed by atoms with Gasteiger partial charge in [-0.2, -0.15) is 11.8 Å². The highest BCUT2D eigenvalue weighted by molar-refractivity contribution is 7.98. The van der Waals surface area contributed by atoms with Crippen LogP contribution in [0.1, 0.15) is 66.0 Å². The molecule has 1 aliphatic carbocycles. The van der Waals surface area contributed by atoms with Crippen LogP contribution in [0.4, 0.5) is 4.79 Å². The summed E-state index contributed by atoms with van der Waals surface area (Å²) in [4.78, 5) is 41.5. The molecule has 4 unspecified atom stereocenters. The maximum Gasteiger partial charge on any atom is 0.408 e. The molecule has 0 bridgehead atoms. The molecule has 34 heavy (non-hydrogen) atoms. The minimum atomic E-state index is -1.02. The van der Waals surface area contributed by atoms with E-state index in [1.54, 1.807) is 55.6 Å². The Morgan fingerprint density at radius 3 is 2.32 bits per heavy atom. The molecule has 1 saturated carbocycles. The van der Waals surface area contributed by atoms with E-state index in [4.69, 9.17) is 4.74 Å². The SMILES string of the molecule is CSCCC(NC(=O)OC(C)(C)C)C(=O)N(C(C(=O)NC(C)C)c1ccccc1O)C1CC1C. The standard InChI is InChI=1S/C25H39N3O5S/c1-15(2)26-22(30)21(17-10-8-9-11-20(17)29)28(19-14-16(19)3)23(31)18(12-13-34-7)27-24(32)33-25(4,5)6/h8-11,15-16,18-19,21,29H,12-14H2,1-7H3,(H,26,30)(H,27,32). The Kier molecular flexibility index (Phi) is 9.67. The molecule has 1 aromatic carbocycles. The average Bonchev–Trinajstić information content (AvgIpc) is 3.43. The number of amides is 3. The van der Waals surface area contributed by atoms with Crippen molar-refractivity contribution < 1.29 is 24.2 Å². The predicted molar refractivity (Wildman–Crippen MR) is 135 cm³/mol. The molecule has 8 nitrogen and oxygen atoms in total. The van der Waals surface area contributed by atoms with Crippen LogP contribution in [0.25, 0.3) is 0 Å². The number of hydrogen-bond donors (Lipinski definition) is 3. The third-order valence-corrected chi connectivity index (χ3v) is 6.11. The summed E-state index contributed by atoms with van der Waals surface area (Å²) in [5.41, 5.74) is -0.355. The summed E-state index contributed by atoms with van der Waals surface area (Å²) in [5, 5.41) is 16.2. The molecule has 3 amide bonds. The van der Waals surface area contributed by atoms with Crippen LogP contribution in [0.3, 0.4) is 0 Å². The highest BCUT2D eigenvalue weighted by Gasteiger charge is 2.48. The number of nitrogens with zero attached hydrogens (tertiary/aromatic N) is 1. The zero-order valence-electron chi connectivity index (χ0n) is 21.3. The number of ether oxygens (including phenoxy) is 1. The molecule has 4 atom stereocenters. The lowest BCUT2D eigenvalue weighted by molar-refractivity contribution is -0.143. The zero-order chi connectivity index (χ0) is 25.6. The Balaban J connectivity index is 2.47. The van der Waals surface area contributed by atoms with Crippen molar-refractivity contribution in [3.63, 3.8) is 0 Å². The van der Waals surface area contributed by atoms with Crippen molar-refractivity contribution in [1.82, 2.24) is 15.5 Å². The molecule has 1 aromatic rings. The Morgan fingerprint density at radius 1 is 1.21 bits per heavy atom. The number of alkyl carbamates (subject to hydrolysis) is 1. The highest BCUT2D eigenvalue weighted by Crippen LogP contribution is 2.42. The van der Waals surface area contributed by atoms with Crippen molar-refractivity contribution in [3.05, 3.63) is 29.8 Å². The lowest BCUT2D eigenvalue weighted by Gasteiger charge is -2.35. The molecule has 0 heterocycles. The van der Waals surface area contributed by atoms with Crippen LogP contribution in [-0.2, 0) is 14.3 Å². The molecule has 190 valence electrons. The smallest absolute Gasteiger partial charge is 0.408 e. The Bertz CT molecular complexity index is 870. The number of benzene rings is 1. The van der Waals surface area contributed by atoms with Gasteiger partial charge in [0.1, 0.15) is 23.4 Å². The number of carbonyl (C=O) groups excluding carboxylic acids is 3. The van der Waals surface area contributed by atoms with Gasteiger partial charge in [0.05, 0.1) is 0 Å². The quantitative estimate of drug-likeness (QED) is 0.457. The maximum absolute atomic E-state index is 14.0. The first-order valence-corrected chi connectivity index (χ1v) is 13.1. The van der Waals surface area contributed by atoms with Gasteiger partial charge < -0.3 is 25.4 Å². The van der Waals surface area contributed by atoms with E-state index >= 15 is 0 Å². The topological polar surface area (TPSA) is 108 Å². The normalized spacial score (nSPS) is 19.2. The second-order valence-electron chi connectivity index (χ2n) is 10.1. The van der Waals surface area contributed by atoms with E-state index in [0.717, 1.165) is 6.42 Å². The Labute approximate surface area is 207 Å². The van der Waals surface area contributed by atoms with E-state index in [-0.39, 0.29) is 35.6 Å². The summed E-state index contributed by atoms with van der Waals surface area (Å²) in [6.45, 7) is 11.0. The minimum Gasteiger partial charge on any atom is -0.508 e. The predicted octanol–water partition coefficient (Wildman–Crippen LogP) is 3.84. The van der Waals surface area contributed by atoms with Crippen LogP contribution in [0, 0.1) is 5.92 Å². The molecule has 0 spiro atoms. The van der Waals surface area contributed by atoms with Gasteiger partial charge >= 0.3 is 6.09 Å². The number of rotatable bonds is 10. The summed E-state index contributed by atoms with van der Waals surface area (Å²) in [7, 11) is 0. The number of aromatic hydroxyl groups is 1. The van der Waals surface area contributed by atoms with Crippen LogP contribution >= 0.6 is 11.8 Å². The van der Waals surface area contributed by atoms with E-state index in [2.05, 4.69) is 10.6 Å². The summed E-state index contributed by atoms with van der Waals surface area (Å²) in [5.74, 6) is 0.0519. The zero-order valence-corrected chi connectivity index (χ0v) is 22.1. The second-order valence-corrected chi connectivity index (χ2v) is 11.1. The Hall–Kier alpha value is -2.42. The first-order chi connectivity index (χ1) is 15.9. The first kappa shape index (κ1) is 27.8. The monoisotopic (exact) mass is 493 g/mol. The molecule has 2 rings (SSSR count). The minimum absolute atomic E-state index is 0.0572. The number of hydrogen-bond acceptors (Lipinski definition) is 6. The van der Waals surface area contributed by atoms with Crippen molar-refractivity contribution in [1.29, 1.82) is 0 Å². The van der Waals surface area contributed by atoms with Gasteiger partial charge in [-0.15, -0.1) is 0 Å². The molecular formula is C25H39N3O5S. The average molecular weight is 494 g/mol. The largest absolute Gasteiger partial charge is 0.508 e. The number of phenolic OH excluding ortho intramolecular Hbond substituents is 1. The molecule has 0 radical (unpaired) electrons. The molecular weight excluding hydrogens is 454 g/mol. The van der Waals surface area contributed by atoms with E-state index < -0.39 is 23.8 Å². The lowest BCUT2D eigenvalue weighted by atomic mass is 10.0. The first-order valence-electron chi connectivity index (χ1n) is 11.7. The van der Waals surface area contributed by atoms with Gasteiger partial charge in [0.25, 0.3) is 0 Å². The van der Waals surface area contributed by atoms with E-state index in [9.17, 15) is 19.5 Å². The van der Waals surface area contributed by atoms with Gasteiger partial charge in [-0.3, -0.25) is 9.59 Å². The van der Waals surface area contributed by atoms with Crippen LogP contribution in [0.2, 0.25) is 0 Å². The third-order valence-electron chi connectivity index (χ3n) is 5.47. The summed E-state index contributed by atoms with van der Waals surface area (Å²) < 4.78 is 5.39. The molecule has 9 heteroatoms. The highest BCUT2D eigenvalue weighted by atomic mass is 32.2. The number of carbonyl (C=O) groups is 3. The van der Waals surface area contributed by atoms with Gasteiger partial charge in [-0.1, -0.05) is 25.1 Å². The Morgan fingerprint density at radius 2 is 1.82 bits per heavy atom. The second kappa shape index (κ2) is 11.8. The van der Waals surface area contributed by atoms with Crippen LogP contribution < -0.4 is 10.6 Å². The van der Waals surface area contributed by atoms with Gasteiger partial charge in [0, 0.05) is 17.6 Å². The van der Waals surface area contributed by atoms with E-state index in [0.29, 0.717) is 17.7 Å².